The van der Waals surface area contributed by atoms with Crippen LogP contribution in [0.2, 0.25) is 10.0 Å². The van der Waals surface area contributed by atoms with Gasteiger partial charge >= 0.3 is 11.9 Å². The number of phenolic OH excluding ortho intramolecular Hbond substituents is 2. The molecular weight excluding hydrogens is 755 g/mol. The van der Waals surface area contributed by atoms with Crippen LogP contribution in [0.1, 0.15) is 90.1 Å². The third-order valence-corrected chi connectivity index (χ3v) is 10.6. The number of ether oxygens (including phenoxy) is 5. The lowest BCUT2D eigenvalue weighted by Crippen LogP contribution is -2.59. The summed E-state index contributed by atoms with van der Waals surface area (Å²) in [7, 11) is 1.29. The lowest BCUT2D eigenvalue weighted by Gasteiger charge is -2.42. The first kappa shape index (κ1) is 46.2. The minimum Gasteiger partial charge on any atom is -0.505 e. The van der Waals surface area contributed by atoms with E-state index in [1.165, 1.54) is 27.0 Å². The van der Waals surface area contributed by atoms with Gasteiger partial charge in [-0.25, -0.2) is 9.59 Å². The zero-order chi connectivity index (χ0) is 41.1. The maximum Gasteiger partial charge on any atom is 0.342 e. The van der Waals surface area contributed by atoms with Crippen molar-refractivity contribution >= 4 is 35.1 Å². The van der Waals surface area contributed by atoms with Gasteiger partial charge in [-0.2, -0.15) is 0 Å². The van der Waals surface area contributed by atoms with E-state index in [1.807, 2.05) is 19.9 Å². The third kappa shape index (κ3) is 12.1. The summed E-state index contributed by atoms with van der Waals surface area (Å²) in [6, 6.07) is 0. The van der Waals surface area contributed by atoms with Gasteiger partial charge in [-0.15, -0.1) is 0 Å². The second-order valence-corrected chi connectivity index (χ2v) is 14.9. The molecule has 1 aromatic carbocycles. The minimum atomic E-state index is -1.51. The molecule has 1 fully saturated rings. The Labute approximate surface area is 333 Å². The SMILES string of the molecule is CCc1c(Cl)c(O)c(Cl)c(O)c1C(=O)O[C@H]1[C@H](O)[C@H](OC)[C@H](OC/C2=C\C=C\C[C@H](O)/C(C)=C/[C@H](CC)C/C(C)=C/C(C)=C/C[C@@H]([C@@H](C)O)OC2=O)O[C@@H]1C. The molecule has 5 N–H and O–H groups in total. The van der Waals surface area contributed by atoms with Gasteiger partial charge < -0.3 is 49.2 Å². The van der Waals surface area contributed by atoms with E-state index in [0.717, 1.165) is 29.6 Å². The first-order valence-corrected chi connectivity index (χ1v) is 19.3. The highest BCUT2D eigenvalue weighted by atomic mass is 35.5. The van der Waals surface area contributed by atoms with Crippen LogP contribution in [0, 0.1) is 5.92 Å². The highest BCUT2D eigenvalue weighted by Crippen LogP contribution is 2.45. The number of rotatable bonds is 9. The summed E-state index contributed by atoms with van der Waals surface area (Å²) in [5.41, 5.74) is 2.72. The van der Waals surface area contributed by atoms with Crippen molar-refractivity contribution in [2.24, 2.45) is 5.92 Å². The summed E-state index contributed by atoms with van der Waals surface area (Å²) < 4.78 is 28.9. The molecule has 14 heteroatoms. The number of cyclic esters (lactones) is 1. The molecular formula is C41H56Cl2O12. The quantitative estimate of drug-likeness (QED) is 0.130. The van der Waals surface area contributed by atoms with Crippen LogP contribution in [0.25, 0.3) is 0 Å². The van der Waals surface area contributed by atoms with Crippen LogP contribution in [0.5, 0.6) is 11.5 Å². The molecule has 1 saturated heterocycles. The zero-order valence-corrected chi connectivity index (χ0v) is 34.3. The number of aromatic hydroxyl groups is 2. The van der Waals surface area contributed by atoms with Gasteiger partial charge in [0, 0.05) is 13.5 Å². The number of benzene rings is 1. The predicted octanol–water partition coefficient (Wildman–Crippen LogP) is 6.81. The lowest BCUT2D eigenvalue weighted by atomic mass is 9.92. The van der Waals surface area contributed by atoms with Gasteiger partial charge in [0.15, 0.2) is 23.9 Å². The maximum absolute atomic E-state index is 13.6. The Hall–Kier alpha value is -3.20. The van der Waals surface area contributed by atoms with Gasteiger partial charge in [-0.3, -0.25) is 0 Å². The molecule has 2 aliphatic heterocycles. The van der Waals surface area contributed by atoms with Crippen LogP contribution in [0.3, 0.4) is 0 Å². The molecule has 0 unspecified atom stereocenters. The molecule has 0 spiro atoms. The second kappa shape index (κ2) is 21.4. The molecule has 306 valence electrons. The normalized spacial score (nSPS) is 32.5. The van der Waals surface area contributed by atoms with Crippen molar-refractivity contribution in [1.82, 2.24) is 0 Å². The molecule has 12 nitrogen and oxygen atoms in total. The highest BCUT2D eigenvalue weighted by Gasteiger charge is 2.47. The fourth-order valence-electron chi connectivity index (χ4n) is 6.50. The summed E-state index contributed by atoms with van der Waals surface area (Å²) in [4.78, 5) is 27.0. The number of carbonyl (C=O) groups is 2. The molecule has 0 radical (unpaired) electrons. The largest absolute Gasteiger partial charge is 0.505 e. The van der Waals surface area contributed by atoms with Gasteiger partial charge in [0.05, 0.1) is 35.5 Å². The van der Waals surface area contributed by atoms with E-state index in [0.29, 0.717) is 0 Å². The Morgan fingerprint density at radius 3 is 2.36 bits per heavy atom. The number of phenols is 2. The topological polar surface area (TPSA) is 181 Å². The van der Waals surface area contributed by atoms with Crippen LogP contribution in [0.15, 0.2) is 58.7 Å². The van der Waals surface area contributed by atoms with E-state index in [2.05, 4.69) is 26.0 Å². The van der Waals surface area contributed by atoms with Gasteiger partial charge in [0.25, 0.3) is 0 Å². The number of carbonyl (C=O) groups excluding carboxylic acids is 2. The molecule has 0 amide bonds. The summed E-state index contributed by atoms with van der Waals surface area (Å²) >= 11 is 12.2. The van der Waals surface area contributed by atoms with E-state index in [-0.39, 0.29) is 53.5 Å². The third-order valence-electron chi connectivity index (χ3n) is 9.79. The number of allylic oxidation sites excluding steroid dienone is 6. The average Bonchev–Trinajstić information content (AvgIpc) is 3.13. The van der Waals surface area contributed by atoms with Crippen molar-refractivity contribution in [3.8, 4) is 11.5 Å². The smallest absolute Gasteiger partial charge is 0.342 e. The first-order chi connectivity index (χ1) is 25.9. The Morgan fingerprint density at radius 2 is 1.75 bits per heavy atom. The van der Waals surface area contributed by atoms with Crippen molar-refractivity contribution in [3.05, 3.63) is 79.9 Å². The molecule has 2 heterocycles. The maximum atomic E-state index is 13.6. The predicted molar refractivity (Wildman–Crippen MR) is 209 cm³/mol. The Bertz CT molecular complexity index is 1660. The van der Waals surface area contributed by atoms with Crippen molar-refractivity contribution in [3.63, 3.8) is 0 Å². The van der Waals surface area contributed by atoms with Gasteiger partial charge in [0.2, 0.25) is 0 Å². The molecule has 55 heavy (non-hydrogen) atoms. The van der Waals surface area contributed by atoms with E-state index in [9.17, 15) is 35.1 Å². The van der Waals surface area contributed by atoms with Gasteiger partial charge in [-0.05, 0) is 83.4 Å². The van der Waals surface area contributed by atoms with Gasteiger partial charge in [-0.1, -0.05) is 78.6 Å². The van der Waals surface area contributed by atoms with Crippen LogP contribution in [-0.4, -0.2) is 100 Å². The monoisotopic (exact) mass is 810 g/mol. The van der Waals surface area contributed by atoms with Crippen LogP contribution in [-0.2, 0) is 34.9 Å². The number of aliphatic hydroxyl groups is 3. The number of hydrogen-bond acceptors (Lipinski definition) is 12. The number of esters is 2. The molecule has 2 aliphatic rings. The molecule has 9 atom stereocenters. The van der Waals surface area contributed by atoms with E-state index in [4.69, 9.17) is 46.9 Å². The Morgan fingerprint density at radius 1 is 1.05 bits per heavy atom. The number of methoxy groups -OCH3 is 1. The van der Waals surface area contributed by atoms with Gasteiger partial charge in [0.1, 0.15) is 28.9 Å². The standard InChI is InChI=1S/C41H56Cl2O12/c1-9-26-18-22(4)17-21(3)15-16-30(24(6)44)54-39(49)27(13-11-12-14-29(45)23(5)19-26)20-52-41-38(51-8)36(48)37(25(7)53-41)55-40(50)31-28(10-2)32(42)35(47)33(43)34(31)46/h11-13,15,17,19,24-26,29-30,36-38,41,44-48H,9-10,14,16,18,20H2,1-8H3/b12-11+,21-15+,22-17+,23-19+,27-13+/t24-,25-,26-,29+,30+,36+,37-,38+,41-/m1/s1. The number of halogens is 2. The van der Waals surface area contributed by atoms with Crippen molar-refractivity contribution < 1.29 is 58.8 Å². The van der Waals surface area contributed by atoms with Crippen molar-refractivity contribution in [2.45, 2.75) is 130 Å². The first-order valence-electron chi connectivity index (χ1n) is 18.5. The summed E-state index contributed by atoms with van der Waals surface area (Å²) in [5, 5.41) is 52.8. The second-order valence-electron chi connectivity index (χ2n) is 14.1. The van der Waals surface area contributed by atoms with Crippen LogP contribution in [0.4, 0.5) is 0 Å². The molecule has 0 saturated carbocycles. The fraction of sp³-hybridized carbons (Fsp3) is 0.561. The Kier molecular flexibility index (Phi) is 17.9. The minimum absolute atomic E-state index is 0.0464. The summed E-state index contributed by atoms with van der Waals surface area (Å²) in [6.45, 7) is 12.3. The van der Waals surface area contributed by atoms with E-state index >= 15 is 0 Å². The van der Waals surface area contributed by atoms with Crippen LogP contribution >= 0.6 is 23.2 Å². The summed E-state index contributed by atoms with van der Waals surface area (Å²) in [6.07, 6.45) is 4.38. The molecule has 3 rings (SSSR count). The molecule has 1 aromatic rings. The van der Waals surface area contributed by atoms with E-state index < -0.39 is 77.5 Å². The van der Waals surface area contributed by atoms with E-state index in [1.54, 1.807) is 19.1 Å². The molecule has 0 aliphatic carbocycles. The number of hydrogen-bond donors (Lipinski definition) is 5. The number of aliphatic hydroxyl groups excluding tert-OH is 3. The average molecular weight is 812 g/mol. The zero-order valence-electron chi connectivity index (χ0n) is 32.8. The van der Waals surface area contributed by atoms with Crippen molar-refractivity contribution in [2.75, 3.05) is 13.7 Å². The van der Waals surface area contributed by atoms with Crippen molar-refractivity contribution in [1.29, 1.82) is 0 Å². The van der Waals surface area contributed by atoms with Crippen LogP contribution < -0.4 is 0 Å². The fourth-order valence-corrected chi connectivity index (χ4v) is 7.06. The molecule has 0 aromatic heterocycles. The molecule has 0 bridgehead atoms. The lowest BCUT2D eigenvalue weighted by molar-refractivity contribution is -0.295. The summed E-state index contributed by atoms with van der Waals surface area (Å²) in [5.74, 6) is -2.91. The highest BCUT2D eigenvalue weighted by molar-refractivity contribution is 6.39. The Balaban J connectivity index is 1.87.